The van der Waals surface area contributed by atoms with E-state index in [1.807, 2.05) is 0 Å². The van der Waals surface area contributed by atoms with Gasteiger partial charge in [0, 0.05) is 11.6 Å². The third kappa shape index (κ3) is 3.57. The lowest BCUT2D eigenvalue weighted by Gasteiger charge is -2.15. The second-order valence-electron chi connectivity index (χ2n) is 4.35. The Morgan fingerprint density at radius 1 is 1.38 bits per heavy atom. The molecule has 0 aliphatic rings. The van der Waals surface area contributed by atoms with Crippen LogP contribution >= 0.6 is 22.9 Å². The molecule has 4 nitrogen and oxygen atoms in total. The number of sulfonamides is 1. The minimum absolute atomic E-state index is 0.0452. The van der Waals surface area contributed by atoms with Crippen molar-refractivity contribution >= 4 is 33.0 Å². The molecule has 1 N–H and O–H groups in total. The lowest BCUT2D eigenvalue weighted by molar-refractivity contribution is 0.542. The summed E-state index contributed by atoms with van der Waals surface area (Å²) < 4.78 is 53.6. The summed E-state index contributed by atoms with van der Waals surface area (Å²) in [7, 11) is -3.91. The van der Waals surface area contributed by atoms with Crippen molar-refractivity contribution < 1.29 is 17.2 Å². The van der Waals surface area contributed by atoms with Crippen molar-refractivity contribution in [2.75, 3.05) is 0 Å². The Morgan fingerprint density at radius 2 is 2.05 bits per heavy atom. The summed E-state index contributed by atoms with van der Waals surface area (Å²) in [4.78, 5) is 3.82. The van der Waals surface area contributed by atoms with E-state index in [-0.39, 0.29) is 19.9 Å². The van der Waals surface area contributed by atoms with Gasteiger partial charge >= 0.3 is 0 Å². The number of nitrogens with one attached hydrogen (secondary N) is 1. The van der Waals surface area contributed by atoms with Gasteiger partial charge in [0.1, 0.15) is 11.6 Å². The third-order valence-electron chi connectivity index (χ3n) is 2.73. The molecule has 114 valence electrons. The Balaban J connectivity index is 2.32. The van der Waals surface area contributed by atoms with Gasteiger partial charge in [-0.15, -0.1) is 0 Å². The van der Waals surface area contributed by atoms with Crippen LogP contribution in [-0.4, -0.2) is 13.4 Å². The van der Waals surface area contributed by atoms with Gasteiger partial charge in [0.2, 0.25) is 0 Å². The molecule has 2 aromatic rings. The van der Waals surface area contributed by atoms with Gasteiger partial charge in [-0.2, -0.15) is 0 Å². The van der Waals surface area contributed by atoms with Gasteiger partial charge in [-0.1, -0.05) is 22.9 Å². The molecule has 0 bridgehead atoms. The van der Waals surface area contributed by atoms with Gasteiger partial charge in [0.15, 0.2) is 8.68 Å². The molecule has 2 rings (SSSR count). The fourth-order valence-corrected chi connectivity index (χ4v) is 4.77. The molecule has 1 aromatic carbocycles. The van der Waals surface area contributed by atoms with Crippen LogP contribution in [0.5, 0.6) is 0 Å². The summed E-state index contributed by atoms with van der Waals surface area (Å²) in [5, 5.41) is 0. The monoisotopic (exact) mass is 352 g/mol. The van der Waals surface area contributed by atoms with Gasteiger partial charge in [0.05, 0.1) is 5.69 Å². The average molecular weight is 353 g/mol. The zero-order valence-corrected chi connectivity index (χ0v) is 13.4. The summed E-state index contributed by atoms with van der Waals surface area (Å²) in [5.74, 6) is -1.33. The molecule has 1 aromatic heterocycles. The van der Waals surface area contributed by atoms with Gasteiger partial charge in [-0.05, 0) is 32.0 Å². The number of hydrogen-bond donors (Lipinski definition) is 1. The molecular formula is C12H11ClF2N2O2S2. The molecule has 0 fully saturated rings. The van der Waals surface area contributed by atoms with Crippen LogP contribution in [0.25, 0.3) is 0 Å². The van der Waals surface area contributed by atoms with Crippen molar-refractivity contribution in [3.8, 4) is 0 Å². The van der Waals surface area contributed by atoms with E-state index in [2.05, 4.69) is 9.71 Å². The highest BCUT2D eigenvalue weighted by Crippen LogP contribution is 2.28. The Morgan fingerprint density at radius 3 is 2.62 bits per heavy atom. The first-order valence-electron chi connectivity index (χ1n) is 5.81. The number of benzene rings is 1. The number of aryl methyl sites for hydroxylation is 1. The Hall–Kier alpha value is -1.09. The first kappa shape index (κ1) is 16.3. The molecule has 0 aliphatic heterocycles. The first-order valence-corrected chi connectivity index (χ1v) is 8.48. The largest absolute Gasteiger partial charge is 0.252 e. The zero-order chi connectivity index (χ0) is 15.8. The second-order valence-corrected chi connectivity index (χ2v) is 7.84. The molecule has 0 spiro atoms. The third-order valence-corrected chi connectivity index (χ3v) is 6.14. The van der Waals surface area contributed by atoms with Crippen LogP contribution in [0, 0.1) is 18.6 Å². The zero-order valence-electron chi connectivity index (χ0n) is 11.0. The van der Waals surface area contributed by atoms with Gasteiger partial charge in [-0.25, -0.2) is 26.9 Å². The Kier molecular flexibility index (Phi) is 4.62. The molecule has 0 saturated carbocycles. The molecule has 0 aliphatic carbocycles. The van der Waals surface area contributed by atoms with Crippen molar-refractivity contribution in [2.45, 2.75) is 24.1 Å². The van der Waals surface area contributed by atoms with Crippen molar-refractivity contribution in [1.29, 1.82) is 0 Å². The van der Waals surface area contributed by atoms with Crippen LogP contribution in [0.2, 0.25) is 4.47 Å². The predicted molar refractivity (Wildman–Crippen MR) is 77.0 cm³/mol. The SMILES string of the molecule is Cc1nc(Cl)sc1S(=O)(=O)NC(C)c1cc(F)ccc1F. The summed E-state index contributed by atoms with van der Waals surface area (Å²) in [6.45, 7) is 2.93. The van der Waals surface area contributed by atoms with E-state index in [4.69, 9.17) is 11.6 Å². The lowest BCUT2D eigenvalue weighted by atomic mass is 10.1. The van der Waals surface area contributed by atoms with Crippen LogP contribution in [0.1, 0.15) is 24.2 Å². The number of thiazole rings is 1. The average Bonchev–Trinajstić information content (AvgIpc) is 2.71. The number of aromatic nitrogens is 1. The van der Waals surface area contributed by atoms with Crippen LogP contribution in [-0.2, 0) is 10.0 Å². The van der Waals surface area contributed by atoms with Crippen molar-refractivity contribution in [1.82, 2.24) is 9.71 Å². The molecule has 9 heteroatoms. The van der Waals surface area contributed by atoms with Crippen molar-refractivity contribution in [2.24, 2.45) is 0 Å². The highest BCUT2D eigenvalue weighted by atomic mass is 35.5. The van der Waals surface area contributed by atoms with E-state index in [1.54, 1.807) is 0 Å². The molecule has 0 saturated heterocycles. The minimum Gasteiger partial charge on any atom is -0.229 e. The van der Waals surface area contributed by atoms with Gasteiger partial charge in [-0.3, -0.25) is 0 Å². The molecular weight excluding hydrogens is 342 g/mol. The van der Waals surface area contributed by atoms with Crippen LogP contribution in [0.15, 0.2) is 22.4 Å². The summed E-state index contributed by atoms with van der Waals surface area (Å²) >= 11 is 6.48. The standard InChI is InChI=1S/C12H11ClF2N2O2S2/c1-6(9-5-8(14)3-4-10(9)15)17-21(18,19)11-7(2)16-12(13)20-11/h3-6,17H,1-2H3. The maximum atomic E-state index is 13.6. The predicted octanol–water partition coefficient (Wildman–Crippen LogP) is 3.42. The minimum atomic E-state index is -3.91. The molecule has 1 atom stereocenters. The number of hydrogen-bond acceptors (Lipinski definition) is 4. The molecule has 1 unspecified atom stereocenters. The number of rotatable bonds is 4. The van der Waals surface area contributed by atoms with E-state index < -0.39 is 27.7 Å². The Bertz CT molecular complexity index is 778. The quantitative estimate of drug-likeness (QED) is 0.917. The highest BCUT2D eigenvalue weighted by Gasteiger charge is 2.25. The van der Waals surface area contributed by atoms with Crippen molar-refractivity contribution in [3.63, 3.8) is 0 Å². The lowest BCUT2D eigenvalue weighted by Crippen LogP contribution is -2.27. The van der Waals surface area contributed by atoms with Crippen molar-refractivity contribution in [3.05, 3.63) is 45.6 Å². The van der Waals surface area contributed by atoms with Crippen LogP contribution in [0.3, 0.4) is 0 Å². The molecule has 1 heterocycles. The summed E-state index contributed by atoms with van der Waals surface area (Å²) in [5.41, 5.74) is 0.177. The van der Waals surface area contributed by atoms with Crippen LogP contribution < -0.4 is 4.72 Å². The maximum absolute atomic E-state index is 13.6. The smallest absolute Gasteiger partial charge is 0.229 e. The fourth-order valence-electron chi connectivity index (χ4n) is 1.80. The fraction of sp³-hybridized carbons (Fsp3) is 0.250. The van der Waals surface area contributed by atoms with E-state index in [0.717, 1.165) is 29.5 Å². The van der Waals surface area contributed by atoms with E-state index in [1.165, 1.54) is 13.8 Å². The van der Waals surface area contributed by atoms with Gasteiger partial charge in [0.25, 0.3) is 10.0 Å². The topological polar surface area (TPSA) is 59.1 Å². The number of halogens is 3. The van der Waals surface area contributed by atoms with E-state index >= 15 is 0 Å². The van der Waals surface area contributed by atoms with E-state index in [0.29, 0.717) is 0 Å². The molecule has 0 amide bonds. The normalized spacial score (nSPS) is 13.4. The maximum Gasteiger partial charge on any atom is 0.252 e. The molecule has 21 heavy (non-hydrogen) atoms. The Labute approximate surface area is 129 Å². The second kappa shape index (κ2) is 5.96. The summed E-state index contributed by atoms with van der Waals surface area (Å²) in [6, 6.07) is 1.93. The van der Waals surface area contributed by atoms with Crippen LogP contribution in [0.4, 0.5) is 8.78 Å². The van der Waals surface area contributed by atoms with E-state index in [9.17, 15) is 17.2 Å². The first-order chi connectivity index (χ1) is 9.70. The highest BCUT2D eigenvalue weighted by molar-refractivity contribution is 7.91. The summed E-state index contributed by atoms with van der Waals surface area (Å²) in [6.07, 6.45) is 0. The number of nitrogens with zero attached hydrogens (tertiary/aromatic N) is 1. The van der Waals surface area contributed by atoms with Gasteiger partial charge < -0.3 is 0 Å². The molecule has 0 radical (unpaired) electrons.